The molecule has 2 N–H and O–H groups in total. The van der Waals surface area contributed by atoms with Crippen LogP contribution in [0.4, 0.5) is 10.7 Å². The van der Waals surface area contributed by atoms with Crippen molar-refractivity contribution in [2.45, 2.75) is 84.6 Å². The predicted molar refractivity (Wildman–Crippen MR) is 229 cm³/mol. The van der Waals surface area contributed by atoms with Crippen LogP contribution in [-0.2, 0) is 51.3 Å². The van der Waals surface area contributed by atoms with Gasteiger partial charge < -0.3 is 25.0 Å². The lowest BCUT2D eigenvalue weighted by Gasteiger charge is -2.25. The van der Waals surface area contributed by atoms with Crippen LogP contribution >= 0.6 is 11.3 Å². The number of hydrogen-bond acceptors (Lipinski definition) is 9. The molecule has 1 aliphatic rings. The molecule has 0 bridgehead atoms. The fraction of sp³-hybridized carbons (Fsp3) is 0.413. The van der Waals surface area contributed by atoms with E-state index >= 15 is 0 Å². The number of aryl methyl sites for hydroxylation is 3. The van der Waals surface area contributed by atoms with Gasteiger partial charge in [-0.1, -0.05) is 43.3 Å². The topological polar surface area (TPSA) is 134 Å². The normalized spacial score (nSPS) is 12.1. The van der Waals surface area contributed by atoms with Gasteiger partial charge in [0, 0.05) is 49.2 Å². The number of benzene rings is 3. The van der Waals surface area contributed by atoms with E-state index in [1.165, 1.54) is 18.4 Å². The van der Waals surface area contributed by atoms with Crippen molar-refractivity contribution in [2.24, 2.45) is 0 Å². The second kappa shape index (κ2) is 22.0. The van der Waals surface area contributed by atoms with E-state index in [1.54, 1.807) is 37.1 Å². The average Bonchev–Trinajstić information content (AvgIpc) is 3.60. The lowest BCUT2D eigenvalue weighted by molar-refractivity contribution is -0.145. The molecule has 5 rings (SSSR count). The molecule has 11 nitrogen and oxygen atoms in total. The smallest absolute Gasteiger partial charge is 0.337 e. The summed E-state index contributed by atoms with van der Waals surface area (Å²) in [6, 6.07) is 22.9. The molecular formula is C46H56N4O7S. The van der Waals surface area contributed by atoms with Crippen LogP contribution in [0.15, 0.2) is 72.8 Å². The number of methoxy groups -OCH3 is 1. The largest absolute Gasteiger partial charge is 0.466 e. The van der Waals surface area contributed by atoms with E-state index in [0.717, 1.165) is 85.0 Å². The maximum atomic E-state index is 13.9. The first kappa shape index (κ1) is 43.8. The van der Waals surface area contributed by atoms with Gasteiger partial charge in [-0.05, 0) is 123 Å². The Labute approximate surface area is 346 Å². The number of rotatable bonds is 20. The average molecular weight is 809 g/mol. The molecule has 0 atom stereocenters. The fourth-order valence-corrected chi connectivity index (χ4v) is 8.43. The van der Waals surface area contributed by atoms with Crippen molar-refractivity contribution in [3.05, 3.63) is 117 Å². The molecule has 0 fully saturated rings. The van der Waals surface area contributed by atoms with Crippen LogP contribution in [0.1, 0.15) is 111 Å². The van der Waals surface area contributed by atoms with Crippen LogP contribution in [0, 0.1) is 0 Å². The van der Waals surface area contributed by atoms with Gasteiger partial charge in [-0.25, -0.2) is 4.79 Å². The number of carbonyl (C=O) groups excluding carboxylic acids is 5. The predicted octanol–water partition coefficient (Wildman–Crippen LogP) is 8.11. The van der Waals surface area contributed by atoms with Crippen molar-refractivity contribution in [3.8, 4) is 0 Å². The standard InChI is InChI=1S/C46H56N4O7S/c1-5-27-50(29-28-49(3)40(51)25-26-41(52)57-6-2)31-34-13-10-14-36(30-34)43(53)48-45-42(38-15-7-8-16-39(38)58-45)44(54)47-37-23-19-33(20-24-37)12-9-11-32-17-21-35(22-18-32)46(55)56-4/h10,13-14,17-24,30H,5-9,11-12,15-16,25-29,31H2,1-4H3,(H,47,54)(H,48,53). The highest BCUT2D eigenvalue weighted by atomic mass is 32.1. The number of nitrogens with one attached hydrogen (secondary N) is 2. The highest BCUT2D eigenvalue weighted by Crippen LogP contribution is 2.39. The van der Waals surface area contributed by atoms with Crippen LogP contribution in [-0.4, -0.2) is 79.9 Å². The number of anilines is 2. The SMILES string of the molecule is CCCN(CCN(C)C(=O)CCC(=O)OCC)Cc1cccc(C(=O)Nc2sc3c(c2C(=O)Nc2ccc(CCCc4ccc(C(=O)OC)cc4)cc2)CCCC3)c1. The molecule has 4 aromatic rings. The summed E-state index contributed by atoms with van der Waals surface area (Å²) in [4.78, 5) is 68.8. The van der Waals surface area contributed by atoms with E-state index in [2.05, 4.69) is 22.5 Å². The van der Waals surface area contributed by atoms with Crippen LogP contribution in [0.25, 0.3) is 0 Å². The van der Waals surface area contributed by atoms with Crippen molar-refractivity contribution in [1.82, 2.24) is 9.80 Å². The summed E-state index contributed by atoms with van der Waals surface area (Å²) >= 11 is 1.50. The molecule has 308 valence electrons. The summed E-state index contributed by atoms with van der Waals surface area (Å²) in [5.41, 5.74) is 6.59. The van der Waals surface area contributed by atoms with Crippen LogP contribution in [0.2, 0.25) is 0 Å². The summed E-state index contributed by atoms with van der Waals surface area (Å²) < 4.78 is 9.72. The molecule has 0 aliphatic heterocycles. The van der Waals surface area contributed by atoms with Gasteiger partial charge in [0.1, 0.15) is 5.00 Å². The molecule has 58 heavy (non-hydrogen) atoms. The van der Waals surface area contributed by atoms with E-state index in [1.807, 2.05) is 54.6 Å². The molecule has 1 heterocycles. The van der Waals surface area contributed by atoms with Gasteiger partial charge in [0.25, 0.3) is 11.8 Å². The Balaban J connectivity index is 1.18. The zero-order valence-corrected chi connectivity index (χ0v) is 35.0. The number of fused-ring (bicyclic) bond motifs is 1. The Morgan fingerprint density at radius 2 is 1.47 bits per heavy atom. The van der Waals surface area contributed by atoms with Crippen LogP contribution < -0.4 is 10.6 Å². The van der Waals surface area contributed by atoms with Gasteiger partial charge >= 0.3 is 11.9 Å². The minimum Gasteiger partial charge on any atom is -0.466 e. The van der Waals surface area contributed by atoms with Gasteiger partial charge in [-0.3, -0.25) is 24.1 Å². The van der Waals surface area contributed by atoms with E-state index in [9.17, 15) is 24.0 Å². The number of likely N-dealkylation sites (N-methyl/N-ethyl adjacent to an activating group) is 1. The van der Waals surface area contributed by atoms with Crippen molar-refractivity contribution in [1.29, 1.82) is 0 Å². The Hall–Kier alpha value is -5.33. The lowest BCUT2D eigenvalue weighted by atomic mass is 9.95. The van der Waals surface area contributed by atoms with Crippen molar-refractivity contribution < 1.29 is 33.4 Å². The quantitative estimate of drug-likeness (QED) is 0.0856. The summed E-state index contributed by atoms with van der Waals surface area (Å²) in [5.74, 6) is -1.31. The number of nitrogens with zero attached hydrogens (tertiary/aromatic N) is 2. The monoisotopic (exact) mass is 808 g/mol. The molecule has 3 amide bonds. The second-order valence-electron chi connectivity index (χ2n) is 14.7. The number of hydrogen-bond donors (Lipinski definition) is 2. The number of thiophene rings is 1. The van der Waals surface area contributed by atoms with E-state index < -0.39 is 0 Å². The maximum Gasteiger partial charge on any atom is 0.337 e. The molecule has 1 aromatic heterocycles. The first-order valence-electron chi connectivity index (χ1n) is 20.3. The zero-order chi connectivity index (χ0) is 41.4. The van der Waals surface area contributed by atoms with Crippen molar-refractivity contribution in [2.75, 3.05) is 51.0 Å². The zero-order valence-electron chi connectivity index (χ0n) is 34.2. The summed E-state index contributed by atoms with van der Waals surface area (Å²) in [5, 5.41) is 6.76. The first-order chi connectivity index (χ1) is 28.1. The van der Waals surface area contributed by atoms with E-state index in [-0.39, 0.29) is 42.5 Å². The molecule has 0 saturated carbocycles. The molecule has 0 radical (unpaired) electrons. The van der Waals surface area contributed by atoms with Gasteiger partial charge in [0.2, 0.25) is 5.91 Å². The maximum absolute atomic E-state index is 13.9. The summed E-state index contributed by atoms with van der Waals surface area (Å²) in [6.07, 6.45) is 7.53. The molecule has 3 aromatic carbocycles. The summed E-state index contributed by atoms with van der Waals surface area (Å²) in [6.45, 7) is 6.72. The molecule has 0 spiro atoms. The van der Waals surface area contributed by atoms with Gasteiger partial charge in [0.05, 0.1) is 31.3 Å². The van der Waals surface area contributed by atoms with Crippen LogP contribution in [0.3, 0.4) is 0 Å². The Bertz CT molecular complexity index is 2030. The Morgan fingerprint density at radius 3 is 2.16 bits per heavy atom. The van der Waals surface area contributed by atoms with Gasteiger partial charge in [-0.2, -0.15) is 0 Å². The number of carbonyl (C=O) groups is 5. The van der Waals surface area contributed by atoms with Gasteiger partial charge in [-0.15, -0.1) is 11.3 Å². The second-order valence-corrected chi connectivity index (χ2v) is 15.8. The van der Waals surface area contributed by atoms with Crippen molar-refractivity contribution >= 4 is 51.7 Å². The molecule has 1 aliphatic carbocycles. The Morgan fingerprint density at radius 1 is 0.759 bits per heavy atom. The number of ether oxygens (including phenoxy) is 2. The lowest BCUT2D eigenvalue weighted by Crippen LogP contribution is -2.36. The highest BCUT2D eigenvalue weighted by molar-refractivity contribution is 7.17. The molecule has 12 heteroatoms. The molecular weight excluding hydrogens is 753 g/mol. The minimum atomic E-state index is -0.368. The van der Waals surface area contributed by atoms with E-state index in [0.29, 0.717) is 53.6 Å². The number of amides is 3. The van der Waals surface area contributed by atoms with Gasteiger partial charge in [0.15, 0.2) is 0 Å². The van der Waals surface area contributed by atoms with Crippen LogP contribution in [0.5, 0.6) is 0 Å². The summed E-state index contributed by atoms with van der Waals surface area (Å²) in [7, 11) is 3.12. The first-order valence-corrected chi connectivity index (χ1v) is 21.1. The minimum absolute atomic E-state index is 0.0696. The number of esters is 2. The Kier molecular flexibility index (Phi) is 16.6. The fourth-order valence-electron chi connectivity index (χ4n) is 7.14. The third-order valence-corrected chi connectivity index (χ3v) is 11.5. The third-order valence-electron chi connectivity index (χ3n) is 10.3. The third kappa shape index (κ3) is 12.6. The molecule has 0 saturated heterocycles. The van der Waals surface area contributed by atoms with Crippen molar-refractivity contribution in [3.63, 3.8) is 0 Å². The highest BCUT2D eigenvalue weighted by Gasteiger charge is 2.27. The van der Waals surface area contributed by atoms with E-state index in [4.69, 9.17) is 9.47 Å². The molecule has 0 unspecified atom stereocenters.